The molecule has 3 rings (SSSR count). The zero-order valence-corrected chi connectivity index (χ0v) is 15.1. The monoisotopic (exact) mass is 370 g/mol. The van der Waals surface area contributed by atoms with Crippen molar-refractivity contribution in [3.8, 4) is 0 Å². The first-order valence-corrected chi connectivity index (χ1v) is 9.69. The molecule has 5 nitrogen and oxygen atoms in total. The van der Waals surface area contributed by atoms with Gasteiger partial charge < -0.3 is 10.6 Å². The lowest BCUT2D eigenvalue weighted by Gasteiger charge is -2.04. The summed E-state index contributed by atoms with van der Waals surface area (Å²) in [6.45, 7) is 0.639. The maximum atomic E-state index is 11.9. The molecule has 1 heterocycles. The van der Waals surface area contributed by atoms with E-state index in [1.54, 1.807) is 0 Å². The Balaban J connectivity index is 1.39. The fourth-order valence-electron chi connectivity index (χ4n) is 2.13. The maximum Gasteiger partial charge on any atom is 0.230 e. The zero-order valence-electron chi connectivity index (χ0n) is 13.5. The van der Waals surface area contributed by atoms with Crippen molar-refractivity contribution in [1.29, 1.82) is 0 Å². The maximum absolute atomic E-state index is 11.9. The van der Waals surface area contributed by atoms with Gasteiger partial charge in [-0.1, -0.05) is 71.6 Å². The number of amides is 1. The van der Waals surface area contributed by atoms with Crippen LogP contribution in [0.5, 0.6) is 0 Å². The fraction of sp³-hybridized carbons (Fsp3) is 0.167. The van der Waals surface area contributed by atoms with Gasteiger partial charge in [0.15, 0.2) is 4.34 Å². The summed E-state index contributed by atoms with van der Waals surface area (Å²) in [5.74, 6) is 0.350. The second kappa shape index (κ2) is 9.19. The zero-order chi connectivity index (χ0) is 17.3. The van der Waals surface area contributed by atoms with Crippen LogP contribution in [0, 0.1) is 0 Å². The molecule has 0 bridgehead atoms. The van der Waals surface area contributed by atoms with Gasteiger partial charge in [-0.05, 0) is 24.1 Å². The number of hydrogen-bond donors (Lipinski definition) is 2. The van der Waals surface area contributed by atoms with Gasteiger partial charge in [0.25, 0.3) is 0 Å². The minimum absolute atomic E-state index is 0.00806. The Bertz CT molecular complexity index is 793. The van der Waals surface area contributed by atoms with Crippen molar-refractivity contribution in [2.75, 3.05) is 17.6 Å². The molecular formula is C18H18N4OS2. The lowest BCUT2D eigenvalue weighted by atomic mass is 10.1. The van der Waals surface area contributed by atoms with Crippen molar-refractivity contribution >= 4 is 39.8 Å². The number of hydrogen-bond acceptors (Lipinski definition) is 6. The van der Waals surface area contributed by atoms with Crippen molar-refractivity contribution in [3.05, 3.63) is 66.2 Å². The van der Waals surface area contributed by atoms with E-state index in [-0.39, 0.29) is 5.91 Å². The quantitative estimate of drug-likeness (QED) is 0.592. The van der Waals surface area contributed by atoms with Crippen molar-refractivity contribution in [1.82, 2.24) is 15.5 Å². The number of nitrogens with zero attached hydrogens (tertiary/aromatic N) is 2. The van der Waals surface area contributed by atoms with Gasteiger partial charge in [-0.2, -0.15) is 0 Å². The molecule has 0 aliphatic carbocycles. The first kappa shape index (κ1) is 17.4. The summed E-state index contributed by atoms with van der Waals surface area (Å²) in [6, 6.07) is 19.9. The minimum atomic E-state index is 0.00806. The van der Waals surface area contributed by atoms with Crippen LogP contribution in [-0.2, 0) is 11.2 Å². The third-order valence-electron chi connectivity index (χ3n) is 3.34. The van der Waals surface area contributed by atoms with Crippen LogP contribution in [0.3, 0.4) is 0 Å². The predicted octanol–water partition coefficient (Wildman–Crippen LogP) is 3.73. The second-order valence-electron chi connectivity index (χ2n) is 5.24. The highest BCUT2D eigenvalue weighted by Crippen LogP contribution is 2.27. The number of carbonyl (C=O) groups is 1. The molecule has 2 aromatic carbocycles. The number of para-hydroxylation sites is 1. The summed E-state index contributed by atoms with van der Waals surface area (Å²) in [5, 5.41) is 15.0. The SMILES string of the molecule is O=C(CSc1nnc(Nc2ccccc2)s1)NCCc1ccccc1. The van der Waals surface area contributed by atoms with Crippen molar-refractivity contribution in [3.63, 3.8) is 0 Å². The van der Waals surface area contributed by atoms with E-state index < -0.39 is 0 Å². The molecule has 0 saturated heterocycles. The minimum Gasteiger partial charge on any atom is -0.355 e. The third kappa shape index (κ3) is 5.88. The lowest BCUT2D eigenvalue weighted by molar-refractivity contribution is -0.118. The number of anilines is 2. The summed E-state index contributed by atoms with van der Waals surface area (Å²) >= 11 is 2.84. The Morgan fingerprint density at radius 1 is 1.00 bits per heavy atom. The van der Waals surface area contributed by atoms with Gasteiger partial charge in [0.05, 0.1) is 5.75 Å². The molecule has 0 fully saturated rings. The van der Waals surface area contributed by atoms with Crippen LogP contribution in [0.2, 0.25) is 0 Å². The van der Waals surface area contributed by atoms with Crippen molar-refractivity contribution in [2.24, 2.45) is 0 Å². The van der Waals surface area contributed by atoms with Crippen LogP contribution in [-0.4, -0.2) is 28.4 Å². The van der Waals surface area contributed by atoms with Gasteiger partial charge in [0.1, 0.15) is 0 Å². The Morgan fingerprint density at radius 3 is 2.48 bits per heavy atom. The highest BCUT2D eigenvalue weighted by atomic mass is 32.2. The van der Waals surface area contributed by atoms with E-state index >= 15 is 0 Å². The number of carbonyl (C=O) groups excluding carboxylic acids is 1. The molecular weight excluding hydrogens is 352 g/mol. The normalized spacial score (nSPS) is 10.4. The fourth-order valence-corrected chi connectivity index (χ4v) is 3.73. The Hall–Kier alpha value is -2.38. The topological polar surface area (TPSA) is 66.9 Å². The van der Waals surface area contributed by atoms with Gasteiger partial charge in [-0.15, -0.1) is 10.2 Å². The first-order chi connectivity index (χ1) is 12.3. The van der Waals surface area contributed by atoms with E-state index in [1.807, 2.05) is 48.5 Å². The van der Waals surface area contributed by atoms with Gasteiger partial charge in [-0.25, -0.2) is 0 Å². The van der Waals surface area contributed by atoms with E-state index in [0.717, 1.165) is 21.6 Å². The molecule has 0 radical (unpaired) electrons. The van der Waals surface area contributed by atoms with E-state index in [4.69, 9.17) is 0 Å². The largest absolute Gasteiger partial charge is 0.355 e. The van der Waals surface area contributed by atoms with Crippen LogP contribution in [0.1, 0.15) is 5.56 Å². The highest BCUT2D eigenvalue weighted by molar-refractivity contribution is 8.01. The lowest BCUT2D eigenvalue weighted by Crippen LogP contribution is -2.27. The van der Waals surface area contributed by atoms with E-state index in [9.17, 15) is 4.79 Å². The first-order valence-electron chi connectivity index (χ1n) is 7.88. The van der Waals surface area contributed by atoms with E-state index in [1.165, 1.54) is 28.7 Å². The van der Waals surface area contributed by atoms with Crippen LogP contribution >= 0.6 is 23.1 Å². The smallest absolute Gasteiger partial charge is 0.230 e. The molecule has 0 aliphatic rings. The van der Waals surface area contributed by atoms with E-state index in [0.29, 0.717) is 12.3 Å². The molecule has 7 heteroatoms. The molecule has 25 heavy (non-hydrogen) atoms. The van der Waals surface area contributed by atoms with Crippen LogP contribution < -0.4 is 10.6 Å². The molecule has 0 saturated carbocycles. The summed E-state index contributed by atoms with van der Waals surface area (Å²) in [5.41, 5.74) is 2.19. The van der Waals surface area contributed by atoms with Crippen LogP contribution in [0.4, 0.5) is 10.8 Å². The number of thioether (sulfide) groups is 1. The molecule has 2 N–H and O–H groups in total. The standard InChI is InChI=1S/C18H18N4OS2/c23-16(19-12-11-14-7-3-1-4-8-14)13-24-18-22-21-17(25-18)20-15-9-5-2-6-10-15/h1-10H,11-13H2,(H,19,23)(H,20,21). The highest BCUT2D eigenvalue weighted by Gasteiger charge is 2.08. The van der Waals surface area contributed by atoms with Gasteiger partial charge in [0.2, 0.25) is 11.0 Å². The molecule has 0 unspecified atom stereocenters. The Morgan fingerprint density at radius 2 is 1.72 bits per heavy atom. The summed E-state index contributed by atoms with van der Waals surface area (Å²) in [6.07, 6.45) is 0.835. The van der Waals surface area contributed by atoms with Gasteiger partial charge in [-0.3, -0.25) is 4.79 Å². The number of aromatic nitrogens is 2. The molecule has 1 amide bonds. The second-order valence-corrected chi connectivity index (χ2v) is 7.44. The molecule has 128 valence electrons. The van der Waals surface area contributed by atoms with E-state index in [2.05, 4.69) is 33.0 Å². The number of benzene rings is 2. The molecule has 0 atom stereocenters. The van der Waals surface area contributed by atoms with Crippen molar-refractivity contribution in [2.45, 2.75) is 10.8 Å². The molecule has 1 aromatic heterocycles. The third-order valence-corrected chi connectivity index (χ3v) is 5.31. The average Bonchev–Trinajstić information content (AvgIpc) is 3.09. The summed E-state index contributed by atoms with van der Waals surface area (Å²) in [7, 11) is 0. The number of rotatable bonds is 8. The molecule has 0 spiro atoms. The Labute approximate surface area is 154 Å². The summed E-state index contributed by atoms with van der Waals surface area (Å²) < 4.78 is 0.775. The predicted molar refractivity (Wildman–Crippen MR) is 104 cm³/mol. The molecule has 3 aromatic rings. The van der Waals surface area contributed by atoms with Crippen LogP contribution in [0.25, 0.3) is 0 Å². The Kier molecular flexibility index (Phi) is 6.42. The molecule has 0 aliphatic heterocycles. The van der Waals surface area contributed by atoms with Gasteiger partial charge in [0, 0.05) is 12.2 Å². The van der Waals surface area contributed by atoms with Gasteiger partial charge >= 0.3 is 0 Å². The summed E-state index contributed by atoms with van der Waals surface area (Å²) in [4.78, 5) is 11.9. The number of nitrogens with one attached hydrogen (secondary N) is 2. The van der Waals surface area contributed by atoms with Crippen molar-refractivity contribution < 1.29 is 4.79 Å². The average molecular weight is 371 g/mol. The van der Waals surface area contributed by atoms with Crippen LogP contribution in [0.15, 0.2) is 65.0 Å².